The van der Waals surface area contributed by atoms with Gasteiger partial charge >= 0.3 is 0 Å². The molecule has 1 aromatic carbocycles. The Morgan fingerprint density at radius 2 is 1.87 bits per heavy atom. The first-order valence-corrected chi connectivity index (χ1v) is 8.50. The van der Waals surface area contributed by atoms with E-state index in [1.807, 2.05) is 0 Å². The number of methoxy groups -OCH3 is 2. The fourth-order valence-electron chi connectivity index (χ4n) is 3.57. The molecule has 1 fully saturated rings. The van der Waals surface area contributed by atoms with Crippen LogP contribution in [0.2, 0.25) is 0 Å². The van der Waals surface area contributed by atoms with Crippen molar-refractivity contribution >= 4 is 11.0 Å². The number of ether oxygens (including phenoxy) is 2. The Morgan fingerprint density at radius 1 is 1.17 bits per heavy atom. The molecule has 0 unspecified atom stereocenters. The maximum Gasteiger partial charge on any atom is 0.169 e. The highest BCUT2D eigenvalue weighted by Gasteiger charge is 2.25. The van der Waals surface area contributed by atoms with E-state index in [4.69, 9.17) is 14.5 Å². The molecule has 0 aliphatic carbocycles. The number of hydrogen-bond donors (Lipinski definition) is 0. The topological polar surface area (TPSA) is 39.5 Å². The number of likely N-dealkylation sites (tertiary alicyclic amines) is 1. The number of aryl methyl sites for hydroxylation is 1. The van der Waals surface area contributed by atoms with Crippen LogP contribution in [0.15, 0.2) is 24.3 Å². The molecule has 0 radical (unpaired) electrons. The Bertz CT molecular complexity index is 628. The molecule has 0 bridgehead atoms. The van der Waals surface area contributed by atoms with Crippen LogP contribution >= 0.6 is 0 Å². The summed E-state index contributed by atoms with van der Waals surface area (Å²) in [5, 5.41) is 0. The molecule has 0 saturated carbocycles. The van der Waals surface area contributed by atoms with Gasteiger partial charge in [0.1, 0.15) is 5.82 Å². The Hall–Kier alpha value is -1.43. The maximum absolute atomic E-state index is 5.32. The second kappa shape index (κ2) is 7.43. The molecular weight excluding hydrogens is 290 g/mol. The van der Waals surface area contributed by atoms with E-state index in [1.165, 1.54) is 11.3 Å². The van der Waals surface area contributed by atoms with Crippen LogP contribution in [-0.4, -0.2) is 54.6 Å². The lowest BCUT2D eigenvalue weighted by Gasteiger charge is -2.34. The Morgan fingerprint density at radius 3 is 2.52 bits per heavy atom. The molecule has 5 heteroatoms. The first-order valence-electron chi connectivity index (χ1n) is 8.50. The molecular formula is C18H27N3O2. The zero-order chi connectivity index (χ0) is 16.2. The lowest BCUT2D eigenvalue weighted by atomic mass is 10.0. The van der Waals surface area contributed by atoms with Crippen molar-refractivity contribution in [1.29, 1.82) is 0 Å². The van der Waals surface area contributed by atoms with Gasteiger partial charge in [-0.3, -0.25) is 4.90 Å². The SMILES string of the molecule is CCc1nc2ccccc2n1C1CCN(CC(OC)OC)CC1. The predicted octanol–water partition coefficient (Wildman–Crippen LogP) is 2.85. The van der Waals surface area contributed by atoms with E-state index < -0.39 is 0 Å². The van der Waals surface area contributed by atoms with Crippen LogP contribution < -0.4 is 0 Å². The molecule has 2 aromatic rings. The van der Waals surface area contributed by atoms with Gasteiger partial charge in [-0.15, -0.1) is 0 Å². The highest BCUT2D eigenvalue weighted by atomic mass is 16.7. The molecule has 1 aliphatic rings. The van der Waals surface area contributed by atoms with E-state index in [0.29, 0.717) is 6.04 Å². The summed E-state index contributed by atoms with van der Waals surface area (Å²) >= 11 is 0. The van der Waals surface area contributed by atoms with Crippen molar-refractivity contribution in [3.63, 3.8) is 0 Å². The zero-order valence-corrected chi connectivity index (χ0v) is 14.4. The van der Waals surface area contributed by atoms with Crippen LogP contribution in [0, 0.1) is 0 Å². The zero-order valence-electron chi connectivity index (χ0n) is 14.4. The van der Waals surface area contributed by atoms with Crippen molar-refractivity contribution in [2.75, 3.05) is 33.9 Å². The molecule has 0 N–H and O–H groups in total. The van der Waals surface area contributed by atoms with Gasteiger partial charge in [-0.1, -0.05) is 19.1 Å². The fourth-order valence-corrected chi connectivity index (χ4v) is 3.57. The minimum absolute atomic E-state index is 0.133. The molecule has 1 saturated heterocycles. The standard InChI is InChI=1S/C18H27N3O2/c1-4-17-19-15-7-5-6-8-16(15)21(17)14-9-11-20(12-10-14)13-18(22-2)23-3/h5-8,14,18H,4,9-13H2,1-3H3. The van der Waals surface area contributed by atoms with Gasteiger partial charge in [-0.05, 0) is 25.0 Å². The molecule has 1 aliphatic heterocycles. The maximum atomic E-state index is 5.32. The first-order chi connectivity index (χ1) is 11.3. The Balaban J connectivity index is 1.73. The van der Waals surface area contributed by atoms with Gasteiger partial charge in [0.05, 0.1) is 11.0 Å². The average molecular weight is 317 g/mol. The number of benzene rings is 1. The first kappa shape index (κ1) is 16.4. The van der Waals surface area contributed by atoms with Gasteiger partial charge in [-0.25, -0.2) is 4.98 Å². The van der Waals surface area contributed by atoms with Crippen molar-refractivity contribution in [1.82, 2.24) is 14.5 Å². The highest BCUT2D eigenvalue weighted by Crippen LogP contribution is 2.29. The number of imidazole rings is 1. The summed E-state index contributed by atoms with van der Waals surface area (Å²) in [6.45, 7) is 5.17. The predicted molar refractivity (Wildman–Crippen MR) is 91.6 cm³/mol. The number of aromatic nitrogens is 2. The summed E-state index contributed by atoms with van der Waals surface area (Å²) in [6.07, 6.45) is 3.14. The van der Waals surface area contributed by atoms with Crippen molar-refractivity contribution in [3.8, 4) is 0 Å². The summed E-state index contributed by atoms with van der Waals surface area (Å²) in [4.78, 5) is 7.24. The molecule has 0 spiro atoms. The van der Waals surface area contributed by atoms with Gasteiger partial charge < -0.3 is 14.0 Å². The van der Waals surface area contributed by atoms with E-state index in [0.717, 1.165) is 44.4 Å². The average Bonchev–Trinajstić information content (AvgIpc) is 2.99. The van der Waals surface area contributed by atoms with E-state index in [-0.39, 0.29) is 6.29 Å². The largest absolute Gasteiger partial charge is 0.355 e. The smallest absolute Gasteiger partial charge is 0.169 e. The van der Waals surface area contributed by atoms with Crippen LogP contribution in [0.4, 0.5) is 0 Å². The third-order valence-corrected chi connectivity index (χ3v) is 4.84. The number of fused-ring (bicyclic) bond motifs is 1. The molecule has 126 valence electrons. The van der Waals surface area contributed by atoms with E-state index in [1.54, 1.807) is 14.2 Å². The minimum atomic E-state index is -0.133. The molecule has 3 rings (SSSR count). The summed E-state index contributed by atoms with van der Waals surface area (Å²) in [5.41, 5.74) is 2.39. The lowest BCUT2D eigenvalue weighted by Crippen LogP contribution is -2.40. The summed E-state index contributed by atoms with van der Waals surface area (Å²) in [7, 11) is 3.40. The number of rotatable bonds is 6. The van der Waals surface area contributed by atoms with E-state index in [9.17, 15) is 0 Å². The summed E-state index contributed by atoms with van der Waals surface area (Å²) < 4.78 is 13.1. The second-order valence-corrected chi connectivity index (χ2v) is 6.17. The monoisotopic (exact) mass is 317 g/mol. The summed E-state index contributed by atoms with van der Waals surface area (Å²) in [6, 6.07) is 9.02. The normalized spacial score (nSPS) is 17.4. The fraction of sp³-hybridized carbons (Fsp3) is 0.611. The number of nitrogens with zero attached hydrogens (tertiary/aromatic N) is 3. The van der Waals surface area contributed by atoms with Gasteiger partial charge in [0.25, 0.3) is 0 Å². The Kier molecular flexibility index (Phi) is 5.30. The molecule has 0 atom stereocenters. The van der Waals surface area contributed by atoms with Crippen LogP contribution in [0.25, 0.3) is 11.0 Å². The molecule has 1 aromatic heterocycles. The van der Waals surface area contributed by atoms with Crippen molar-refractivity contribution in [2.24, 2.45) is 0 Å². The second-order valence-electron chi connectivity index (χ2n) is 6.17. The molecule has 23 heavy (non-hydrogen) atoms. The highest BCUT2D eigenvalue weighted by molar-refractivity contribution is 5.76. The third kappa shape index (κ3) is 3.42. The lowest BCUT2D eigenvalue weighted by molar-refractivity contribution is -0.118. The van der Waals surface area contributed by atoms with Crippen molar-refractivity contribution in [2.45, 2.75) is 38.5 Å². The Labute approximate surface area is 138 Å². The van der Waals surface area contributed by atoms with Crippen LogP contribution in [0.5, 0.6) is 0 Å². The van der Waals surface area contributed by atoms with Gasteiger partial charge in [0.2, 0.25) is 0 Å². The molecule has 0 amide bonds. The molecule has 5 nitrogen and oxygen atoms in total. The quantitative estimate of drug-likeness (QED) is 0.768. The van der Waals surface area contributed by atoms with Gasteiger partial charge in [-0.2, -0.15) is 0 Å². The molecule has 2 heterocycles. The van der Waals surface area contributed by atoms with Gasteiger partial charge in [0.15, 0.2) is 6.29 Å². The van der Waals surface area contributed by atoms with Crippen molar-refractivity contribution in [3.05, 3.63) is 30.1 Å². The van der Waals surface area contributed by atoms with Crippen LogP contribution in [0.3, 0.4) is 0 Å². The number of hydrogen-bond acceptors (Lipinski definition) is 4. The van der Waals surface area contributed by atoms with Crippen molar-refractivity contribution < 1.29 is 9.47 Å². The van der Waals surface area contributed by atoms with E-state index >= 15 is 0 Å². The third-order valence-electron chi connectivity index (χ3n) is 4.84. The minimum Gasteiger partial charge on any atom is -0.355 e. The van der Waals surface area contributed by atoms with E-state index in [2.05, 4.69) is 40.7 Å². The number of para-hydroxylation sites is 2. The number of piperidine rings is 1. The van der Waals surface area contributed by atoms with Crippen LogP contribution in [0.1, 0.15) is 31.6 Å². The van der Waals surface area contributed by atoms with Gasteiger partial charge in [0, 0.05) is 46.3 Å². The van der Waals surface area contributed by atoms with Crippen LogP contribution in [-0.2, 0) is 15.9 Å². The summed E-state index contributed by atoms with van der Waals surface area (Å²) in [5.74, 6) is 1.20.